The monoisotopic (exact) mass is 438 g/mol. The van der Waals surface area contributed by atoms with E-state index in [1.54, 1.807) is 0 Å². The topological polar surface area (TPSA) is 125 Å². The lowest BCUT2D eigenvalue weighted by Gasteiger charge is -2.21. The quantitative estimate of drug-likeness (QED) is 0.452. The molecule has 3 rings (SSSR count). The van der Waals surface area contributed by atoms with Crippen molar-refractivity contribution in [1.82, 2.24) is 5.32 Å². The fraction of sp³-hybridized carbons (Fsp3) is 0.304. The molecule has 1 unspecified atom stereocenters. The number of nitrogens with zero attached hydrogens (tertiary/aromatic N) is 1. The molecule has 2 aromatic rings. The van der Waals surface area contributed by atoms with E-state index < -0.39 is 15.9 Å². The van der Waals surface area contributed by atoms with Crippen LogP contribution in [0.5, 0.6) is 0 Å². The van der Waals surface area contributed by atoms with E-state index in [9.17, 15) is 18.5 Å². The molecular weight excluding hydrogens is 412 g/mol. The van der Waals surface area contributed by atoms with E-state index in [1.165, 1.54) is 54.4 Å². The number of nitriles is 1. The number of rotatable bonds is 7. The Kier molecular flexibility index (Phi) is 7.10. The second-order valence-electron chi connectivity index (χ2n) is 7.55. The maximum absolute atomic E-state index is 12.7. The molecule has 162 valence electrons. The summed E-state index contributed by atoms with van der Waals surface area (Å²) in [5, 5.41) is 20.3. The van der Waals surface area contributed by atoms with Crippen LogP contribution in [-0.2, 0) is 27.7 Å². The Morgan fingerprint density at radius 1 is 1.16 bits per heavy atom. The van der Waals surface area contributed by atoms with Crippen LogP contribution in [0.25, 0.3) is 0 Å². The molecule has 0 saturated carbocycles. The molecule has 2 aromatic carbocycles. The van der Waals surface area contributed by atoms with Gasteiger partial charge in [-0.3, -0.25) is 4.79 Å². The first-order chi connectivity index (χ1) is 14.8. The number of aryl methyl sites for hydroxylation is 2. The Bertz CT molecular complexity index is 1130. The highest BCUT2D eigenvalue weighted by Crippen LogP contribution is 2.26. The van der Waals surface area contributed by atoms with Crippen LogP contribution >= 0.6 is 0 Å². The molecule has 1 amide bonds. The van der Waals surface area contributed by atoms with Gasteiger partial charge in [-0.15, -0.1) is 0 Å². The van der Waals surface area contributed by atoms with Crippen LogP contribution in [-0.4, -0.2) is 14.3 Å². The number of amides is 1. The largest absolute Gasteiger partial charge is 0.360 e. The van der Waals surface area contributed by atoms with Crippen molar-refractivity contribution in [3.05, 3.63) is 70.9 Å². The maximum Gasteiger partial charge on any atom is 0.263 e. The fourth-order valence-electron chi connectivity index (χ4n) is 3.67. The van der Waals surface area contributed by atoms with Crippen molar-refractivity contribution in [2.75, 3.05) is 5.32 Å². The van der Waals surface area contributed by atoms with Crippen molar-refractivity contribution < 1.29 is 13.2 Å². The van der Waals surface area contributed by atoms with Gasteiger partial charge in [0.1, 0.15) is 11.6 Å². The zero-order valence-corrected chi connectivity index (χ0v) is 18.2. The summed E-state index contributed by atoms with van der Waals surface area (Å²) >= 11 is 0. The van der Waals surface area contributed by atoms with E-state index in [1.807, 2.05) is 13.0 Å². The minimum absolute atomic E-state index is 0.0175. The Morgan fingerprint density at radius 3 is 2.45 bits per heavy atom. The number of sulfonamides is 1. The summed E-state index contributed by atoms with van der Waals surface area (Å²) in [5.41, 5.74) is 4.21. The first-order valence-corrected chi connectivity index (χ1v) is 11.8. The molecular formula is C23H26N4O3S. The predicted octanol–water partition coefficient (Wildman–Crippen LogP) is 3.30. The number of hydrogen-bond donors (Lipinski definition) is 3. The number of fused-ring (bicyclic) bond motifs is 1. The molecule has 0 aliphatic heterocycles. The molecule has 0 fully saturated rings. The second kappa shape index (κ2) is 9.77. The first-order valence-electron chi connectivity index (χ1n) is 10.2. The second-order valence-corrected chi connectivity index (χ2v) is 9.11. The van der Waals surface area contributed by atoms with Gasteiger partial charge in [0.2, 0.25) is 10.0 Å². The van der Waals surface area contributed by atoms with Gasteiger partial charge >= 0.3 is 0 Å². The van der Waals surface area contributed by atoms with Crippen LogP contribution in [0, 0.1) is 11.3 Å². The lowest BCUT2D eigenvalue weighted by Crippen LogP contribution is -2.29. The summed E-state index contributed by atoms with van der Waals surface area (Å²) in [4.78, 5) is 12.7. The molecule has 0 spiro atoms. The summed E-state index contributed by atoms with van der Waals surface area (Å²) in [5.74, 6) is -0.472. The van der Waals surface area contributed by atoms with E-state index in [0.717, 1.165) is 18.4 Å². The summed E-state index contributed by atoms with van der Waals surface area (Å²) in [6, 6.07) is 13.8. The van der Waals surface area contributed by atoms with Gasteiger partial charge in [-0.2, -0.15) is 5.26 Å². The van der Waals surface area contributed by atoms with E-state index in [-0.39, 0.29) is 16.5 Å². The van der Waals surface area contributed by atoms with Crippen molar-refractivity contribution in [2.45, 2.75) is 50.0 Å². The molecule has 4 N–H and O–H groups in total. The summed E-state index contributed by atoms with van der Waals surface area (Å²) in [6.45, 7) is 1.99. The van der Waals surface area contributed by atoms with Crippen LogP contribution in [0.4, 0.5) is 5.69 Å². The lowest BCUT2D eigenvalue weighted by atomic mass is 9.88. The van der Waals surface area contributed by atoms with E-state index in [2.05, 4.69) is 28.8 Å². The third-order valence-electron chi connectivity index (χ3n) is 5.42. The molecule has 31 heavy (non-hydrogen) atoms. The number of anilines is 1. The minimum Gasteiger partial charge on any atom is -0.360 e. The van der Waals surface area contributed by atoms with Crippen LogP contribution in [0.15, 0.2) is 59.1 Å². The maximum atomic E-state index is 12.7. The Labute approximate surface area is 183 Å². The molecule has 1 aliphatic carbocycles. The number of nitrogens with one attached hydrogen (secondary N) is 2. The molecule has 0 saturated heterocycles. The van der Waals surface area contributed by atoms with Gasteiger partial charge in [-0.1, -0.05) is 25.1 Å². The molecule has 0 bridgehead atoms. The zero-order chi connectivity index (χ0) is 22.4. The molecule has 1 aliphatic rings. The zero-order valence-electron chi connectivity index (χ0n) is 17.4. The van der Waals surface area contributed by atoms with E-state index >= 15 is 0 Å². The molecule has 0 aromatic heterocycles. The highest BCUT2D eigenvalue weighted by atomic mass is 32.2. The number of nitrogens with two attached hydrogens (primary N) is 1. The highest BCUT2D eigenvalue weighted by Gasteiger charge is 2.18. The van der Waals surface area contributed by atoms with Crippen molar-refractivity contribution in [3.8, 4) is 6.07 Å². The Balaban J connectivity index is 1.70. The number of hydrogen-bond acceptors (Lipinski definition) is 5. The van der Waals surface area contributed by atoms with Gasteiger partial charge in [-0.25, -0.2) is 13.6 Å². The van der Waals surface area contributed by atoms with Gasteiger partial charge in [0, 0.05) is 11.9 Å². The van der Waals surface area contributed by atoms with Gasteiger partial charge < -0.3 is 10.6 Å². The summed E-state index contributed by atoms with van der Waals surface area (Å²) in [7, 11) is -3.78. The Morgan fingerprint density at radius 2 is 1.84 bits per heavy atom. The fourth-order valence-corrected chi connectivity index (χ4v) is 4.19. The number of primary sulfonamides is 1. The number of benzene rings is 2. The van der Waals surface area contributed by atoms with Crippen LogP contribution in [0.2, 0.25) is 0 Å². The van der Waals surface area contributed by atoms with Gasteiger partial charge in [-0.05, 0) is 73.1 Å². The van der Waals surface area contributed by atoms with Crippen LogP contribution < -0.4 is 15.8 Å². The van der Waals surface area contributed by atoms with Gasteiger partial charge in [0.05, 0.1) is 10.9 Å². The average Bonchev–Trinajstić information content (AvgIpc) is 2.77. The minimum atomic E-state index is -3.78. The Hall–Kier alpha value is -3.15. The molecule has 0 heterocycles. The normalized spacial score (nSPS) is 14.8. The molecule has 7 nitrogen and oxygen atoms in total. The molecule has 8 heteroatoms. The SMILES string of the molecule is CCC(NC(=O)/C(C#N)=C\Nc1ccc(S(N)(=O)=O)cc1)c1ccc2c(c1)CCCC2. The summed E-state index contributed by atoms with van der Waals surface area (Å²) < 4.78 is 22.6. The first kappa shape index (κ1) is 22.5. The van der Waals surface area contributed by atoms with Crippen molar-refractivity contribution in [1.29, 1.82) is 5.26 Å². The number of carbonyl (C=O) groups is 1. The van der Waals surface area contributed by atoms with Crippen molar-refractivity contribution in [2.24, 2.45) is 5.14 Å². The van der Waals surface area contributed by atoms with E-state index in [0.29, 0.717) is 12.1 Å². The van der Waals surface area contributed by atoms with Crippen LogP contribution in [0.3, 0.4) is 0 Å². The number of carbonyl (C=O) groups excluding carboxylic acids is 1. The van der Waals surface area contributed by atoms with Crippen LogP contribution in [0.1, 0.15) is 48.9 Å². The highest BCUT2D eigenvalue weighted by molar-refractivity contribution is 7.89. The third-order valence-corrected chi connectivity index (χ3v) is 6.35. The third kappa shape index (κ3) is 5.72. The van der Waals surface area contributed by atoms with Gasteiger partial charge in [0.15, 0.2) is 0 Å². The van der Waals surface area contributed by atoms with E-state index in [4.69, 9.17) is 5.14 Å². The lowest BCUT2D eigenvalue weighted by molar-refractivity contribution is -0.117. The smallest absolute Gasteiger partial charge is 0.263 e. The van der Waals surface area contributed by atoms with Crippen molar-refractivity contribution in [3.63, 3.8) is 0 Å². The predicted molar refractivity (Wildman–Crippen MR) is 119 cm³/mol. The summed E-state index contributed by atoms with van der Waals surface area (Å²) in [6.07, 6.45) is 6.57. The average molecular weight is 439 g/mol. The standard InChI is InChI=1S/C23H26N4O3S/c1-2-22(18-8-7-16-5-3-4-6-17(16)13-18)27-23(28)19(14-24)15-26-20-9-11-21(12-10-20)31(25,29)30/h7-13,15,22,26H,2-6H2,1H3,(H,27,28)(H2,25,29,30)/b19-15-. The van der Waals surface area contributed by atoms with Gasteiger partial charge in [0.25, 0.3) is 5.91 Å². The molecule has 0 radical (unpaired) electrons. The van der Waals surface area contributed by atoms with Crippen molar-refractivity contribution >= 4 is 21.6 Å². The molecule has 1 atom stereocenters.